The Balaban J connectivity index is 2.08. The molecule has 1 heterocycles. The van der Waals surface area contributed by atoms with E-state index in [9.17, 15) is 4.79 Å². The lowest BCUT2D eigenvalue weighted by Crippen LogP contribution is -2.32. The molecule has 0 spiro atoms. The molecule has 2 fully saturated rings. The minimum atomic E-state index is -0.504. The third-order valence-corrected chi connectivity index (χ3v) is 3.11. The van der Waals surface area contributed by atoms with Crippen LogP contribution in [0, 0.1) is 5.41 Å². The molecule has 0 N–H and O–H groups in total. The van der Waals surface area contributed by atoms with E-state index < -0.39 is 5.79 Å². The first-order valence-corrected chi connectivity index (χ1v) is 4.79. The van der Waals surface area contributed by atoms with Gasteiger partial charge in [0, 0.05) is 0 Å². The van der Waals surface area contributed by atoms with Crippen molar-refractivity contribution in [3.63, 3.8) is 0 Å². The van der Waals surface area contributed by atoms with Crippen LogP contribution in [-0.4, -0.2) is 24.3 Å². The van der Waals surface area contributed by atoms with Gasteiger partial charge in [0.1, 0.15) is 5.78 Å². The Labute approximate surface area is 78.4 Å². The van der Waals surface area contributed by atoms with Crippen LogP contribution in [0.1, 0.15) is 33.6 Å². The molecule has 2 aliphatic rings. The van der Waals surface area contributed by atoms with Gasteiger partial charge in [0.05, 0.1) is 18.1 Å². The largest absolute Gasteiger partial charge is 0.348 e. The van der Waals surface area contributed by atoms with Crippen LogP contribution in [-0.2, 0) is 14.3 Å². The molecular formula is C10H16O3. The van der Waals surface area contributed by atoms with Gasteiger partial charge in [0.2, 0.25) is 0 Å². The van der Waals surface area contributed by atoms with Crippen molar-refractivity contribution in [1.29, 1.82) is 0 Å². The highest BCUT2D eigenvalue weighted by Crippen LogP contribution is 2.53. The van der Waals surface area contributed by atoms with E-state index in [0.717, 1.165) is 12.8 Å². The van der Waals surface area contributed by atoms with Crippen LogP contribution in [0.3, 0.4) is 0 Å². The van der Waals surface area contributed by atoms with Crippen LogP contribution in [0.4, 0.5) is 0 Å². The van der Waals surface area contributed by atoms with Crippen molar-refractivity contribution < 1.29 is 14.3 Å². The Morgan fingerprint density at radius 1 is 1.38 bits per heavy atom. The number of hydrogen-bond donors (Lipinski definition) is 0. The first-order valence-electron chi connectivity index (χ1n) is 4.79. The zero-order valence-corrected chi connectivity index (χ0v) is 8.42. The Morgan fingerprint density at radius 3 is 2.31 bits per heavy atom. The van der Waals surface area contributed by atoms with Crippen molar-refractivity contribution >= 4 is 5.78 Å². The summed E-state index contributed by atoms with van der Waals surface area (Å²) in [5, 5.41) is 0. The molecule has 1 unspecified atom stereocenters. The summed E-state index contributed by atoms with van der Waals surface area (Å²) in [6.07, 6.45) is 1.92. The third-order valence-electron chi connectivity index (χ3n) is 3.11. The highest BCUT2D eigenvalue weighted by Gasteiger charge is 2.57. The molecule has 1 saturated carbocycles. The van der Waals surface area contributed by atoms with E-state index in [1.165, 1.54) is 0 Å². The van der Waals surface area contributed by atoms with Gasteiger partial charge < -0.3 is 9.47 Å². The lowest BCUT2D eigenvalue weighted by molar-refractivity contribution is -0.151. The molecule has 1 aliphatic heterocycles. The molecule has 0 aromatic carbocycles. The highest BCUT2D eigenvalue weighted by atomic mass is 16.7. The summed E-state index contributed by atoms with van der Waals surface area (Å²) < 4.78 is 11.1. The Hall–Kier alpha value is -0.410. The first kappa shape index (κ1) is 9.16. The summed E-state index contributed by atoms with van der Waals surface area (Å²) in [7, 11) is 0. The van der Waals surface area contributed by atoms with Crippen molar-refractivity contribution in [2.45, 2.75) is 45.5 Å². The predicted octanol–water partition coefficient (Wildman–Crippen LogP) is 1.51. The maximum atomic E-state index is 11.4. The molecule has 1 atom stereocenters. The topological polar surface area (TPSA) is 35.5 Å². The Morgan fingerprint density at radius 2 is 2.00 bits per heavy atom. The zero-order valence-electron chi connectivity index (χ0n) is 8.42. The molecule has 2 rings (SSSR count). The molecule has 3 heteroatoms. The predicted molar refractivity (Wildman–Crippen MR) is 47.3 cm³/mol. The van der Waals surface area contributed by atoms with Crippen molar-refractivity contribution in [3.05, 3.63) is 0 Å². The fraction of sp³-hybridized carbons (Fsp3) is 0.900. The maximum absolute atomic E-state index is 11.4. The molecule has 13 heavy (non-hydrogen) atoms. The van der Waals surface area contributed by atoms with Crippen molar-refractivity contribution in [1.82, 2.24) is 0 Å². The van der Waals surface area contributed by atoms with Crippen molar-refractivity contribution in [3.8, 4) is 0 Å². The highest BCUT2D eigenvalue weighted by molar-refractivity contribution is 5.85. The van der Waals surface area contributed by atoms with Crippen molar-refractivity contribution in [2.24, 2.45) is 5.41 Å². The van der Waals surface area contributed by atoms with Gasteiger partial charge in [0.25, 0.3) is 0 Å². The van der Waals surface area contributed by atoms with Crippen LogP contribution in [0.2, 0.25) is 0 Å². The number of ketones is 1. The first-order chi connectivity index (χ1) is 5.96. The summed E-state index contributed by atoms with van der Waals surface area (Å²) in [4.78, 5) is 11.4. The quantitative estimate of drug-likeness (QED) is 0.652. The number of rotatable bonds is 2. The number of hydrogen-bond acceptors (Lipinski definition) is 3. The fourth-order valence-corrected chi connectivity index (χ4v) is 1.99. The molecule has 0 aromatic heterocycles. The second kappa shape index (κ2) is 2.55. The smallest absolute Gasteiger partial charge is 0.163 e. The SMILES string of the molecule is CC(=O)C1(C2COC(C)(C)O2)CC1. The molecule has 1 saturated heterocycles. The monoisotopic (exact) mass is 184 g/mol. The number of carbonyl (C=O) groups is 1. The van der Waals surface area contributed by atoms with Crippen LogP contribution in [0.5, 0.6) is 0 Å². The van der Waals surface area contributed by atoms with E-state index in [2.05, 4.69) is 0 Å². The second-order valence-corrected chi connectivity index (χ2v) is 4.53. The molecule has 1 aliphatic carbocycles. The summed E-state index contributed by atoms with van der Waals surface area (Å²) in [6.45, 7) is 6.00. The fourth-order valence-electron chi connectivity index (χ4n) is 1.99. The van der Waals surface area contributed by atoms with Crippen molar-refractivity contribution in [2.75, 3.05) is 6.61 Å². The van der Waals surface area contributed by atoms with Gasteiger partial charge in [-0.05, 0) is 33.6 Å². The molecule has 0 radical (unpaired) electrons. The van der Waals surface area contributed by atoms with Crippen LogP contribution >= 0.6 is 0 Å². The van der Waals surface area contributed by atoms with E-state index >= 15 is 0 Å². The summed E-state index contributed by atoms with van der Waals surface area (Å²) >= 11 is 0. The van der Waals surface area contributed by atoms with Gasteiger partial charge >= 0.3 is 0 Å². The van der Waals surface area contributed by atoms with Gasteiger partial charge in [-0.15, -0.1) is 0 Å². The standard InChI is InChI=1S/C10H16O3/c1-7(11)10(4-5-10)8-6-12-9(2,3)13-8/h8H,4-6H2,1-3H3. The van der Waals surface area contributed by atoms with Gasteiger partial charge in [0.15, 0.2) is 5.79 Å². The molecule has 0 amide bonds. The number of carbonyl (C=O) groups excluding carboxylic acids is 1. The van der Waals surface area contributed by atoms with Crippen LogP contribution in [0.15, 0.2) is 0 Å². The average Bonchev–Trinajstić information content (AvgIpc) is 2.73. The minimum Gasteiger partial charge on any atom is -0.348 e. The zero-order chi connectivity index (χ0) is 9.69. The molecule has 0 bridgehead atoms. The maximum Gasteiger partial charge on any atom is 0.163 e. The van der Waals surface area contributed by atoms with Crippen LogP contribution in [0.25, 0.3) is 0 Å². The van der Waals surface area contributed by atoms with Gasteiger partial charge in [-0.1, -0.05) is 0 Å². The molecule has 3 nitrogen and oxygen atoms in total. The lowest BCUT2D eigenvalue weighted by atomic mass is 9.95. The summed E-state index contributed by atoms with van der Waals surface area (Å²) in [5.74, 6) is -0.255. The molecule has 74 valence electrons. The van der Waals surface area contributed by atoms with E-state index in [1.54, 1.807) is 6.92 Å². The lowest BCUT2D eigenvalue weighted by Gasteiger charge is -2.21. The Bertz CT molecular complexity index is 241. The normalized spacial score (nSPS) is 34.5. The van der Waals surface area contributed by atoms with Gasteiger partial charge in [-0.25, -0.2) is 0 Å². The van der Waals surface area contributed by atoms with E-state index in [0.29, 0.717) is 6.61 Å². The van der Waals surface area contributed by atoms with Gasteiger partial charge in [-0.2, -0.15) is 0 Å². The van der Waals surface area contributed by atoms with E-state index in [1.807, 2.05) is 13.8 Å². The summed E-state index contributed by atoms with van der Waals surface area (Å²) in [5.41, 5.74) is -0.201. The molecule has 0 aromatic rings. The van der Waals surface area contributed by atoms with Gasteiger partial charge in [-0.3, -0.25) is 4.79 Å². The number of Topliss-reactive ketones (excluding diaryl/α,β-unsaturated/α-hetero) is 1. The third kappa shape index (κ3) is 1.40. The van der Waals surface area contributed by atoms with E-state index in [4.69, 9.17) is 9.47 Å². The minimum absolute atomic E-state index is 0.0139. The Kier molecular flexibility index (Phi) is 1.79. The summed E-state index contributed by atoms with van der Waals surface area (Å²) in [6, 6.07) is 0. The number of ether oxygens (including phenoxy) is 2. The second-order valence-electron chi connectivity index (χ2n) is 4.53. The van der Waals surface area contributed by atoms with E-state index in [-0.39, 0.29) is 17.3 Å². The van der Waals surface area contributed by atoms with Crippen LogP contribution < -0.4 is 0 Å². The average molecular weight is 184 g/mol. The molecular weight excluding hydrogens is 168 g/mol.